The maximum absolute atomic E-state index is 12.1. The third kappa shape index (κ3) is 7.21. The van der Waals surface area contributed by atoms with E-state index in [-0.39, 0.29) is 119 Å². The summed E-state index contributed by atoms with van der Waals surface area (Å²) in [7, 11) is -5.60. The largest absolute Gasteiger partial charge is 1.00 e. The summed E-state index contributed by atoms with van der Waals surface area (Å²) in [5, 5.41) is 24.5. The molecule has 4 fully saturated rings. The van der Waals surface area contributed by atoms with Gasteiger partial charge in [-0.05, 0) is 104 Å². The molecule has 1 amide bonds. The first-order chi connectivity index (χ1) is 18.6. The number of aliphatic hydroxyl groups excluding tert-OH is 1. The maximum atomic E-state index is 12.1. The van der Waals surface area contributed by atoms with Gasteiger partial charge in [-0.1, -0.05) is 20.8 Å². The monoisotopic (exact) mass is 578 g/mol. The molecule has 0 aromatic carbocycles. The Labute approximate surface area is 278 Å². The second kappa shape index (κ2) is 13.4. The molecule has 0 saturated heterocycles. The van der Waals surface area contributed by atoms with E-state index in [1.807, 2.05) is 0 Å². The van der Waals surface area contributed by atoms with Crippen LogP contribution in [0.4, 0.5) is 0 Å². The van der Waals surface area contributed by atoms with Gasteiger partial charge in [0.25, 0.3) is 0 Å². The van der Waals surface area contributed by atoms with Gasteiger partial charge in [0.15, 0.2) is 0 Å². The van der Waals surface area contributed by atoms with Gasteiger partial charge in [-0.2, -0.15) is 0 Å². The first-order valence-corrected chi connectivity index (χ1v) is 14.2. The predicted octanol–water partition coefficient (Wildman–Crippen LogP) is -4.25. The maximum Gasteiger partial charge on any atom is 1.00 e. The molecule has 0 spiro atoms. The molecule has 0 aromatic rings. The number of rotatable bonds is 8. The van der Waals surface area contributed by atoms with Crippen LogP contribution in [0.5, 0.6) is 0 Å². The molecule has 4 aliphatic carbocycles. The van der Waals surface area contributed by atoms with Crippen LogP contribution in [-0.4, -0.2) is 48.7 Å². The number of fused-ring (bicyclic) bond motifs is 5. The van der Waals surface area contributed by atoms with Crippen LogP contribution in [0.15, 0.2) is 0 Å². The molecular weight excluding hydrogens is 532 g/mol. The molecule has 4 saturated carbocycles. The summed E-state index contributed by atoms with van der Waals surface area (Å²) in [5.74, 6) is -2.93. The number of hydrogen-bond donors (Lipinski definition) is 2. The number of carboxylic acid groups (broad SMARTS) is 1. The number of hydrogen-bond acceptors (Lipinski definition) is 8. The van der Waals surface area contributed by atoms with Crippen LogP contribution < -0.4 is 69.5 Å². The number of nitrogens with one attached hydrogen (secondary N) is 1. The quantitative estimate of drug-likeness (QED) is 0.167. The average molecular weight is 579 g/mol. The minimum atomic E-state index is -5.60. The zero-order valence-electron chi connectivity index (χ0n) is 28.1. The van der Waals surface area contributed by atoms with E-state index in [4.69, 9.17) is 6.85 Å². The molecule has 10 atom stereocenters. The van der Waals surface area contributed by atoms with E-state index in [2.05, 4.69) is 23.3 Å². The Bertz CT molecular complexity index is 1180. The summed E-state index contributed by atoms with van der Waals surface area (Å²) in [6.45, 7) is 5.51. The minimum absolute atomic E-state index is 0. The van der Waals surface area contributed by atoms with Gasteiger partial charge in [-0.3, -0.25) is 8.98 Å². The summed E-state index contributed by atoms with van der Waals surface area (Å²) < 4.78 is 82.1. The molecule has 0 radical (unpaired) electrons. The van der Waals surface area contributed by atoms with Crippen molar-refractivity contribution in [3.8, 4) is 0 Å². The van der Waals surface area contributed by atoms with E-state index < -0.39 is 59.2 Å². The number of carboxylic acids is 1. The summed E-state index contributed by atoms with van der Waals surface area (Å²) in [4.78, 5) is 22.7. The molecule has 0 aliphatic heterocycles. The normalized spacial score (nSPS) is 47.3. The Balaban J connectivity index is 0.00000323. The number of carbonyl (C=O) groups excluding carboxylic acids is 2. The topological polar surface area (TPSA) is 156 Å². The molecule has 4 rings (SSSR count). The van der Waals surface area contributed by atoms with Crippen LogP contribution >= 0.6 is 0 Å². The summed E-state index contributed by atoms with van der Waals surface area (Å²) in [5.41, 5.74) is -1.21. The van der Waals surface area contributed by atoms with Crippen molar-refractivity contribution in [1.82, 2.24) is 5.32 Å². The standard InChI is InChI=1S/C26H43NO8S.2Na/c1-15(4-7-22(29)27-14-23(30)31)18-5-6-19-24-20(9-11-26(18,19)3)25(2)10-8-17(35-36(32,33)34)12-16(25)13-21(24)28;;/h15-21,24,28H,4-14H2,1-3H3,(H,27,29)(H,30,31)(H,32,33,34);;/q;2*+1/p-2/t15-,16+,17-,18-,19+,20+,21-,24+,25+,26-;;/m1../s1/i8D2,12D2,17D;;. The predicted molar refractivity (Wildman–Crippen MR) is 128 cm³/mol. The number of amides is 1. The summed E-state index contributed by atoms with van der Waals surface area (Å²) in [6, 6.07) is 0. The van der Waals surface area contributed by atoms with Crippen LogP contribution in [0.3, 0.4) is 0 Å². The van der Waals surface area contributed by atoms with Gasteiger partial charge in [-0.25, -0.2) is 8.42 Å². The molecule has 38 heavy (non-hydrogen) atoms. The van der Waals surface area contributed by atoms with Crippen molar-refractivity contribution in [3.05, 3.63) is 0 Å². The van der Waals surface area contributed by atoms with Gasteiger partial charge in [0.1, 0.15) is 0 Å². The third-order valence-electron chi connectivity index (χ3n) is 10.0. The number of aliphatic carboxylic acids is 1. The summed E-state index contributed by atoms with van der Waals surface area (Å²) >= 11 is 0. The molecule has 206 valence electrons. The number of aliphatic hydroxyl groups is 1. The Hall–Kier alpha value is 0.770. The first kappa shape index (κ1) is 27.6. The average Bonchev–Trinajstić information content (AvgIpc) is 3.17. The SMILES string of the molecule is [2H]C1([2H])C[C@@]2(C)[C@H](C[C@@H](O)[C@@H]3[C@@H]2CC[C@]2(C)[C@@H]([C@H](C)CCC(=O)NCC(=O)[O-])CC[C@@H]32)C([2H])([2H])[C@]1([2H])OS(=O)(=O)[O-].[Na+].[Na+]. The first-order valence-electron chi connectivity index (χ1n) is 15.4. The molecule has 0 unspecified atom stereocenters. The van der Waals surface area contributed by atoms with Gasteiger partial charge in [0.05, 0.1) is 26.1 Å². The molecule has 4 aliphatic rings. The van der Waals surface area contributed by atoms with Crippen molar-refractivity contribution in [2.75, 3.05) is 6.54 Å². The molecule has 0 heterocycles. The van der Waals surface area contributed by atoms with Crippen LogP contribution in [0.2, 0.25) is 0 Å². The zero-order valence-corrected chi connectivity index (χ0v) is 27.9. The van der Waals surface area contributed by atoms with E-state index in [9.17, 15) is 32.8 Å². The fourth-order valence-corrected chi connectivity index (χ4v) is 8.65. The van der Waals surface area contributed by atoms with Gasteiger partial charge >= 0.3 is 59.1 Å². The van der Waals surface area contributed by atoms with Gasteiger partial charge in [-0.15, -0.1) is 0 Å². The van der Waals surface area contributed by atoms with E-state index in [0.717, 1.165) is 19.3 Å². The van der Waals surface area contributed by atoms with Gasteiger partial charge in [0, 0.05) is 11.9 Å². The molecule has 2 N–H and O–H groups in total. The van der Waals surface area contributed by atoms with Crippen molar-refractivity contribution >= 4 is 22.3 Å². The Kier molecular flexibility index (Phi) is 9.72. The Morgan fingerprint density at radius 3 is 2.47 bits per heavy atom. The minimum Gasteiger partial charge on any atom is -0.726 e. The van der Waals surface area contributed by atoms with E-state index in [0.29, 0.717) is 12.8 Å². The fourth-order valence-electron chi connectivity index (χ4n) is 8.34. The van der Waals surface area contributed by atoms with Crippen LogP contribution in [0, 0.1) is 46.3 Å². The van der Waals surface area contributed by atoms with Crippen LogP contribution in [-0.2, 0) is 24.2 Å². The van der Waals surface area contributed by atoms with Crippen LogP contribution in [0.1, 0.15) is 91.7 Å². The van der Waals surface area contributed by atoms with Crippen molar-refractivity contribution in [2.45, 2.75) is 97.1 Å². The van der Waals surface area contributed by atoms with Crippen LogP contribution in [0.25, 0.3) is 0 Å². The molecule has 0 aromatic heterocycles. The number of carbonyl (C=O) groups is 2. The second-order valence-electron chi connectivity index (χ2n) is 11.9. The van der Waals surface area contributed by atoms with E-state index >= 15 is 0 Å². The smallest absolute Gasteiger partial charge is 0.726 e. The Morgan fingerprint density at radius 2 is 1.84 bits per heavy atom. The molecule has 0 bridgehead atoms. The third-order valence-corrected chi connectivity index (χ3v) is 10.4. The fraction of sp³-hybridized carbons (Fsp3) is 0.923. The van der Waals surface area contributed by atoms with Crippen molar-refractivity contribution in [3.63, 3.8) is 0 Å². The van der Waals surface area contributed by atoms with E-state index in [1.165, 1.54) is 0 Å². The van der Waals surface area contributed by atoms with Crippen molar-refractivity contribution < 1.29 is 103 Å². The summed E-state index contributed by atoms with van der Waals surface area (Å²) in [6.07, 6.45) is -6.74. The van der Waals surface area contributed by atoms with Gasteiger partial charge < -0.3 is 24.9 Å². The zero-order chi connectivity index (χ0) is 31.0. The van der Waals surface area contributed by atoms with E-state index in [1.54, 1.807) is 6.92 Å². The molecular formula is C26H41NNa2O8S. The van der Waals surface area contributed by atoms with Gasteiger partial charge in [0.2, 0.25) is 16.3 Å². The van der Waals surface area contributed by atoms with Crippen molar-refractivity contribution in [1.29, 1.82) is 0 Å². The molecule has 9 nitrogen and oxygen atoms in total. The van der Waals surface area contributed by atoms with Crippen molar-refractivity contribution in [2.24, 2.45) is 46.3 Å². The molecule has 12 heteroatoms. The Morgan fingerprint density at radius 1 is 1.18 bits per heavy atom. The second-order valence-corrected chi connectivity index (χ2v) is 12.8.